The second kappa shape index (κ2) is 6.03. The van der Waals surface area contributed by atoms with E-state index in [9.17, 15) is 9.59 Å². The van der Waals surface area contributed by atoms with E-state index in [4.69, 9.17) is 5.11 Å². The van der Waals surface area contributed by atoms with Crippen LogP contribution in [0.5, 0.6) is 0 Å². The SMILES string of the molecule is CCN(CCC(=O)O)C(=O)C1(CC)CCCC1. The fourth-order valence-corrected chi connectivity index (χ4v) is 2.74. The van der Waals surface area contributed by atoms with Crippen LogP contribution < -0.4 is 0 Å². The Morgan fingerprint density at radius 1 is 1.24 bits per heavy atom. The Balaban J connectivity index is 2.66. The fraction of sp³-hybridized carbons (Fsp3) is 0.846. The molecule has 98 valence electrons. The van der Waals surface area contributed by atoms with Crippen LogP contribution in [0.1, 0.15) is 52.4 Å². The highest BCUT2D eigenvalue weighted by molar-refractivity contribution is 5.83. The predicted molar refractivity (Wildman–Crippen MR) is 65.7 cm³/mol. The van der Waals surface area contributed by atoms with E-state index in [1.807, 2.05) is 6.92 Å². The summed E-state index contributed by atoms with van der Waals surface area (Å²) < 4.78 is 0. The number of carboxylic acid groups (broad SMARTS) is 1. The van der Waals surface area contributed by atoms with Crippen molar-refractivity contribution in [1.82, 2.24) is 4.90 Å². The van der Waals surface area contributed by atoms with E-state index in [0.717, 1.165) is 32.1 Å². The zero-order chi connectivity index (χ0) is 12.9. The molecule has 1 aliphatic carbocycles. The average molecular weight is 241 g/mol. The largest absolute Gasteiger partial charge is 0.481 e. The van der Waals surface area contributed by atoms with Gasteiger partial charge in [-0.3, -0.25) is 9.59 Å². The van der Waals surface area contributed by atoms with Crippen molar-refractivity contribution in [2.24, 2.45) is 5.41 Å². The highest BCUT2D eigenvalue weighted by Gasteiger charge is 2.41. The number of carboxylic acids is 1. The van der Waals surface area contributed by atoms with Gasteiger partial charge in [0, 0.05) is 18.5 Å². The maximum Gasteiger partial charge on any atom is 0.305 e. The average Bonchev–Trinajstić information content (AvgIpc) is 2.79. The maximum atomic E-state index is 12.5. The summed E-state index contributed by atoms with van der Waals surface area (Å²) in [5.74, 6) is -0.672. The lowest BCUT2D eigenvalue weighted by Gasteiger charge is -2.33. The van der Waals surface area contributed by atoms with Gasteiger partial charge in [0.15, 0.2) is 0 Å². The van der Waals surface area contributed by atoms with Gasteiger partial charge in [-0.05, 0) is 26.2 Å². The lowest BCUT2D eigenvalue weighted by atomic mass is 9.82. The van der Waals surface area contributed by atoms with E-state index in [-0.39, 0.29) is 17.7 Å². The first-order chi connectivity index (χ1) is 8.05. The van der Waals surface area contributed by atoms with Crippen LogP contribution in [0, 0.1) is 5.41 Å². The standard InChI is InChI=1S/C13H23NO3/c1-3-13(8-5-6-9-13)12(17)14(4-2)10-7-11(15)16/h3-10H2,1-2H3,(H,15,16). The fourth-order valence-electron chi connectivity index (χ4n) is 2.74. The van der Waals surface area contributed by atoms with Crippen molar-refractivity contribution < 1.29 is 14.7 Å². The summed E-state index contributed by atoms with van der Waals surface area (Å²) >= 11 is 0. The van der Waals surface area contributed by atoms with Gasteiger partial charge in [-0.25, -0.2) is 0 Å². The molecule has 1 amide bonds. The zero-order valence-corrected chi connectivity index (χ0v) is 10.9. The summed E-state index contributed by atoms with van der Waals surface area (Å²) in [5.41, 5.74) is -0.200. The molecule has 0 atom stereocenters. The van der Waals surface area contributed by atoms with Gasteiger partial charge in [0.25, 0.3) is 0 Å². The third-order valence-electron chi connectivity index (χ3n) is 3.96. The third kappa shape index (κ3) is 3.20. The molecule has 1 aliphatic rings. The molecule has 4 heteroatoms. The Morgan fingerprint density at radius 2 is 1.82 bits per heavy atom. The van der Waals surface area contributed by atoms with Crippen LogP contribution in [-0.4, -0.2) is 35.0 Å². The van der Waals surface area contributed by atoms with Crippen molar-refractivity contribution >= 4 is 11.9 Å². The highest BCUT2D eigenvalue weighted by Crippen LogP contribution is 2.42. The first kappa shape index (κ1) is 14.0. The molecule has 1 saturated carbocycles. The smallest absolute Gasteiger partial charge is 0.305 e. The summed E-state index contributed by atoms with van der Waals surface area (Å²) in [5, 5.41) is 8.69. The van der Waals surface area contributed by atoms with Crippen molar-refractivity contribution in [1.29, 1.82) is 0 Å². The Labute approximate surface area is 103 Å². The van der Waals surface area contributed by atoms with E-state index >= 15 is 0 Å². The van der Waals surface area contributed by atoms with Gasteiger partial charge in [0.05, 0.1) is 6.42 Å². The van der Waals surface area contributed by atoms with Crippen LogP contribution >= 0.6 is 0 Å². The Bertz CT molecular complexity index is 282. The second-order valence-electron chi connectivity index (χ2n) is 4.87. The van der Waals surface area contributed by atoms with Gasteiger partial charge < -0.3 is 10.0 Å². The molecule has 4 nitrogen and oxygen atoms in total. The second-order valence-corrected chi connectivity index (χ2v) is 4.87. The van der Waals surface area contributed by atoms with Crippen LogP contribution in [-0.2, 0) is 9.59 Å². The molecule has 0 aromatic rings. The van der Waals surface area contributed by atoms with Gasteiger partial charge in [0.2, 0.25) is 5.91 Å². The van der Waals surface area contributed by atoms with E-state index in [2.05, 4.69) is 6.92 Å². The normalized spacial score (nSPS) is 18.0. The van der Waals surface area contributed by atoms with Gasteiger partial charge in [-0.1, -0.05) is 19.8 Å². The Hall–Kier alpha value is -1.06. The van der Waals surface area contributed by atoms with Crippen LogP contribution in [0.15, 0.2) is 0 Å². The van der Waals surface area contributed by atoms with Crippen LogP contribution in [0.3, 0.4) is 0 Å². The summed E-state index contributed by atoms with van der Waals surface area (Å²) in [4.78, 5) is 24.8. The number of hydrogen-bond donors (Lipinski definition) is 1. The molecule has 0 aromatic carbocycles. The minimum atomic E-state index is -0.840. The lowest BCUT2D eigenvalue weighted by molar-refractivity contribution is -0.143. The van der Waals surface area contributed by atoms with Crippen molar-refractivity contribution in [3.8, 4) is 0 Å². The topological polar surface area (TPSA) is 57.6 Å². The Kier molecular flexibility index (Phi) is 4.97. The van der Waals surface area contributed by atoms with Gasteiger partial charge in [-0.15, -0.1) is 0 Å². The van der Waals surface area contributed by atoms with Gasteiger partial charge in [-0.2, -0.15) is 0 Å². The zero-order valence-electron chi connectivity index (χ0n) is 10.9. The molecular weight excluding hydrogens is 218 g/mol. The molecule has 0 radical (unpaired) electrons. The first-order valence-corrected chi connectivity index (χ1v) is 6.57. The van der Waals surface area contributed by atoms with Crippen LogP contribution in [0.25, 0.3) is 0 Å². The minimum absolute atomic E-state index is 0.0410. The lowest BCUT2D eigenvalue weighted by Crippen LogP contribution is -2.43. The van der Waals surface area contributed by atoms with E-state index in [1.54, 1.807) is 4.90 Å². The molecule has 0 unspecified atom stereocenters. The van der Waals surface area contributed by atoms with Gasteiger partial charge in [0.1, 0.15) is 0 Å². The maximum absolute atomic E-state index is 12.5. The van der Waals surface area contributed by atoms with Crippen LogP contribution in [0.2, 0.25) is 0 Å². The quantitative estimate of drug-likeness (QED) is 0.776. The number of nitrogens with zero attached hydrogens (tertiary/aromatic N) is 1. The molecule has 0 spiro atoms. The molecule has 1 fully saturated rings. The van der Waals surface area contributed by atoms with Crippen molar-refractivity contribution in [2.75, 3.05) is 13.1 Å². The van der Waals surface area contributed by atoms with Crippen molar-refractivity contribution in [3.63, 3.8) is 0 Å². The number of aliphatic carboxylic acids is 1. The molecule has 1 rings (SSSR count). The molecule has 1 N–H and O–H groups in total. The number of carbonyl (C=O) groups excluding carboxylic acids is 1. The number of amides is 1. The molecule has 0 bridgehead atoms. The summed E-state index contributed by atoms with van der Waals surface area (Å²) in [6.45, 7) is 4.92. The molecule has 0 aliphatic heterocycles. The Morgan fingerprint density at radius 3 is 2.24 bits per heavy atom. The number of carbonyl (C=O) groups is 2. The van der Waals surface area contributed by atoms with Crippen molar-refractivity contribution in [2.45, 2.75) is 52.4 Å². The minimum Gasteiger partial charge on any atom is -0.481 e. The molecule has 17 heavy (non-hydrogen) atoms. The predicted octanol–water partition coefficient (Wildman–Crippen LogP) is 2.28. The van der Waals surface area contributed by atoms with E-state index < -0.39 is 5.97 Å². The van der Waals surface area contributed by atoms with Crippen molar-refractivity contribution in [3.05, 3.63) is 0 Å². The third-order valence-corrected chi connectivity index (χ3v) is 3.96. The van der Waals surface area contributed by atoms with E-state index in [1.165, 1.54) is 0 Å². The van der Waals surface area contributed by atoms with Gasteiger partial charge >= 0.3 is 5.97 Å². The number of rotatable bonds is 6. The molecule has 0 aromatic heterocycles. The summed E-state index contributed by atoms with van der Waals surface area (Å²) in [6.07, 6.45) is 5.08. The molecule has 0 heterocycles. The molecular formula is C13H23NO3. The summed E-state index contributed by atoms with van der Waals surface area (Å²) in [7, 11) is 0. The highest BCUT2D eigenvalue weighted by atomic mass is 16.4. The summed E-state index contributed by atoms with van der Waals surface area (Å²) in [6, 6.07) is 0. The van der Waals surface area contributed by atoms with Crippen LogP contribution in [0.4, 0.5) is 0 Å². The van der Waals surface area contributed by atoms with E-state index in [0.29, 0.717) is 13.1 Å². The monoisotopic (exact) mass is 241 g/mol. The number of hydrogen-bond acceptors (Lipinski definition) is 2. The molecule has 0 saturated heterocycles. The first-order valence-electron chi connectivity index (χ1n) is 6.57.